The number of nitrogens with zero attached hydrogens (tertiary/aromatic N) is 4. The van der Waals surface area contributed by atoms with Crippen LogP contribution in [0.15, 0.2) is 6.07 Å². The van der Waals surface area contributed by atoms with Gasteiger partial charge in [-0.05, 0) is 76.4 Å². The number of aromatic nitrogens is 2. The van der Waals surface area contributed by atoms with E-state index in [0.29, 0.717) is 30.8 Å². The Bertz CT molecular complexity index is 834. The van der Waals surface area contributed by atoms with Crippen molar-refractivity contribution in [3.8, 4) is 0 Å². The summed E-state index contributed by atoms with van der Waals surface area (Å²) in [5.74, 6) is 3.37. The van der Waals surface area contributed by atoms with E-state index >= 15 is 0 Å². The van der Waals surface area contributed by atoms with Crippen molar-refractivity contribution in [3.05, 3.63) is 6.07 Å². The number of anilines is 3. The maximum absolute atomic E-state index is 12.1. The van der Waals surface area contributed by atoms with Gasteiger partial charge in [0.1, 0.15) is 18.2 Å². The lowest BCUT2D eigenvalue weighted by Crippen LogP contribution is -2.50. The fourth-order valence-corrected chi connectivity index (χ4v) is 6.10. The molecular weight excluding hydrogens is 480 g/mol. The molecule has 2 aliphatic carbocycles. The van der Waals surface area contributed by atoms with Crippen molar-refractivity contribution in [1.29, 1.82) is 0 Å². The Morgan fingerprint density at radius 3 is 2.39 bits per heavy atom. The van der Waals surface area contributed by atoms with E-state index in [1.165, 1.54) is 64.2 Å². The highest BCUT2D eigenvalue weighted by molar-refractivity contribution is 5.77. The predicted molar refractivity (Wildman–Crippen MR) is 153 cm³/mol. The first kappa shape index (κ1) is 28.8. The van der Waals surface area contributed by atoms with Gasteiger partial charge in [0, 0.05) is 51.9 Å². The lowest BCUT2D eigenvalue weighted by Gasteiger charge is -2.35. The molecule has 0 bridgehead atoms. The van der Waals surface area contributed by atoms with E-state index in [1.807, 2.05) is 11.0 Å². The molecular formula is C28H50N8O2. The summed E-state index contributed by atoms with van der Waals surface area (Å²) in [5, 5.41) is 10.9. The average molecular weight is 531 g/mol. The molecule has 0 spiro atoms. The lowest BCUT2D eigenvalue weighted by molar-refractivity contribution is -0.135. The highest BCUT2D eigenvalue weighted by Gasteiger charge is 2.24. The first-order chi connectivity index (χ1) is 18.6. The summed E-state index contributed by atoms with van der Waals surface area (Å²) in [6.07, 6.45) is 13.2. The van der Waals surface area contributed by atoms with Gasteiger partial charge in [0.15, 0.2) is 0 Å². The van der Waals surface area contributed by atoms with E-state index in [2.05, 4.69) is 25.8 Å². The Morgan fingerprint density at radius 2 is 1.68 bits per heavy atom. The third-order valence-electron chi connectivity index (χ3n) is 8.47. The minimum atomic E-state index is 0.0318. The van der Waals surface area contributed by atoms with Gasteiger partial charge in [0.05, 0.1) is 0 Å². The van der Waals surface area contributed by atoms with Crippen LogP contribution in [0.25, 0.3) is 0 Å². The molecule has 38 heavy (non-hydrogen) atoms. The molecule has 214 valence electrons. The van der Waals surface area contributed by atoms with E-state index in [0.717, 1.165) is 57.0 Å². The zero-order chi connectivity index (χ0) is 26.6. The third kappa shape index (κ3) is 9.24. The molecule has 10 heteroatoms. The second-order valence-corrected chi connectivity index (χ2v) is 11.4. The zero-order valence-corrected chi connectivity index (χ0v) is 23.4. The molecule has 1 aromatic rings. The van der Waals surface area contributed by atoms with E-state index in [1.54, 1.807) is 7.11 Å². The molecule has 1 saturated heterocycles. The van der Waals surface area contributed by atoms with E-state index in [9.17, 15) is 4.79 Å². The number of hydrogen-bond acceptors (Lipinski definition) is 9. The summed E-state index contributed by atoms with van der Waals surface area (Å²) in [7, 11) is 1.55. The quantitative estimate of drug-likeness (QED) is 0.285. The molecule has 10 nitrogen and oxygen atoms in total. The number of hydrogen-bond donors (Lipinski definition) is 4. The molecule has 0 aromatic carbocycles. The Hall–Kier alpha value is -2.17. The molecule has 2 heterocycles. The van der Waals surface area contributed by atoms with Crippen molar-refractivity contribution in [2.75, 3.05) is 82.0 Å². The standard InChI is InChI=1S/C28H50N8O2/c1-38-21-27(37)36-16-14-35(15-17-36)26-18-25(29)33-28(34-26)32-20-23-10-8-22(9-11-23)19-30-12-5-13-31-24-6-3-2-4-7-24/h18,22-24,30-31H,2-17,19-21H2,1H3,(H3,29,32,33,34). The van der Waals surface area contributed by atoms with Gasteiger partial charge < -0.3 is 36.2 Å². The molecule has 1 amide bonds. The van der Waals surface area contributed by atoms with Crippen LogP contribution in [-0.4, -0.2) is 92.9 Å². The monoisotopic (exact) mass is 530 g/mol. The van der Waals surface area contributed by atoms with E-state index in [4.69, 9.17) is 15.5 Å². The van der Waals surface area contributed by atoms with Gasteiger partial charge in [-0.1, -0.05) is 19.3 Å². The highest BCUT2D eigenvalue weighted by Crippen LogP contribution is 2.29. The first-order valence-corrected chi connectivity index (χ1v) is 14.9. The summed E-state index contributed by atoms with van der Waals surface area (Å²) < 4.78 is 4.97. The minimum Gasteiger partial charge on any atom is -0.383 e. The van der Waals surface area contributed by atoms with Crippen LogP contribution in [0.1, 0.15) is 64.2 Å². The highest BCUT2D eigenvalue weighted by atomic mass is 16.5. The van der Waals surface area contributed by atoms with E-state index in [-0.39, 0.29) is 12.5 Å². The Labute approximate surface area is 228 Å². The second-order valence-electron chi connectivity index (χ2n) is 11.4. The SMILES string of the molecule is COCC(=O)N1CCN(c2cc(N)nc(NCC3CCC(CNCCCNC4CCCCC4)CC3)n2)CC1. The van der Waals surface area contributed by atoms with Crippen LogP contribution < -0.4 is 26.6 Å². The molecule has 4 rings (SSSR count). The number of carbonyl (C=O) groups is 1. The summed E-state index contributed by atoms with van der Waals surface area (Å²) in [4.78, 5) is 25.2. The lowest BCUT2D eigenvalue weighted by atomic mass is 9.82. The number of ether oxygens (including phenoxy) is 1. The average Bonchev–Trinajstić information content (AvgIpc) is 2.95. The summed E-state index contributed by atoms with van der Waals surface area (Å²) in [5.41, 5.74) is 6.11. The van der Waals surface area contributed by atoms with Crippen molar-refractivity contribution in [3.63, 3.8) is 0 Å². The van der Waals surface area contributed by atoms with Crippen LogP contribution in [0.3, 0.4) is 0 Å². The molecule has 0 atom stereocenters. The number of nitrogen functional groups attached to an aromatic ring is 1. The molecule has 5 N–H and O–H groups in total. The molecule has 2 saturated carbocycles. The predicted octanol–water partition coefficient (Wildman–Crippen LogP) is 2.47. The van der Waals surface area contributed by atoms with Crippen molar-refractivity contribution < 1.29 is 9.53 Å². The molecule has 0 unspecified atom stereocenters. The fraction of sp³-hybridized carbons (Fsp3) is 0.821. The van der Waals surface area contributed by atoms with Crippen LogP contribution >= 0.6 is 0 Å². The van der Waals surface area contributed by atoms with Crippen molar-refractivity contribution in [2.24, 2.45) is 11.8 Å². The van der Waals surface area contributed by atoms with Gasteiger partial charge >= 0.3 is 0 Å². The topological polar surface area (TPSA) is 121 Å². The molecule has 1 aromatic heterocycles. The number of nitrogens with two attached hydrogens (primary N) is 1. The van der Waals surface area contributed by atoms with Crippen molar-refractivity contribution in [1.82, 2.24) is 25.5 Å². The smallest absolute Gasteiger partial charge is 0.248 e. The van der Waals surface area contributed by atoms with Gasteiger partial charge in [0.2, 0.25) is 11.9 Å². The maximum atomic E-state index is 12.1. The van der Waals surface area contributed by atoms with E-state index < -0.39 is 0 Å². The zero-order valence-electron chi connectivity index (χ0n) is 23.4. The Kier molecular flexibility index (Phi) is 11.7. The van der Waals surface area contributed by atoms with Crippen molar-refractivity contribution in [2.45, 2.75) is 70.3 Å². The number of rotatable bonds is 13. The van der Waals surface area contributed by atoms with Crippen LogP contribution in [0.2, 0.25) is 0 Å². The first-order valence-electron chi connectivity index (χ1n) is 14.9. The Balaban J connectivity index is 1.10. The van der Waals surface area contributed by atoms with Crippen LogP contribution in [-0.2, 0) is 9.53 Å². The van der Waals surface area contributed by atoms with Gasteiger partial charge in [0.25, 0.3) is 0 Å². The summed E-state index contributed by atoms with van der Waals surface area (Å²) in [6, 6.07) is 2.59. The number of carbonyl (C=O) groups excluding carboxylic acids is 1. The number of amides is 1. The molecule has 3 fully saturated rings. The van der Waals surface area contributed by atoms with Crippen LogP contribution in [0, 0.1) is 11.8 Å². The molecule has 1 aliphatic heterocycles. The minimum absolute atomic E-state index is 0.0318. The fourth-order valence-electron chi connectivity index (χ4n) is 6.10. The van der Waals surface area contributed by atoms with Gasteiger partial charge in [-0.2, -0.15) is 9.97 Å². The number of methoxy groups -OCH3 is 1. The van der Waals surface area contributed by atoms with Gasteiger partial charge in [-0.3, -0.25) is 4.79 Å². The largest absolute Gasteiger partial charge is 0.383 e. The molecule has 0 radical (unpaired) electrons. The summed E-state index contributed by atoms with van der Waals surface area (Å²) in [6.45, 7) is 7.19. The van der Waals surface area contributed by atoms with Crippen molar-refractivity contribution >= 4 is 23.5 Å². The Morgan fingerprint density at radius 1 is 0.974 bits per heavy atom. The summed E-state index contributed by atoms with van der Waals surface area (Å²) >= 11 is 0. The maximum Gasteiger partial charge on any atom is 0.248 e. The second kappa shape index (κ2) is 15.4. The van der Waals surface area contributed by atoms with Gasteiger partial charge in [-0.25, -0.2) is 0 Å². The third-order valence-corrected chi connectivity index (χ3v) is 8.47. The molecule has 3 aliphatic rings. The van der Waals surface area contributed by atoms with Crippen LogP contribution in [0.5, 0.6) is 0 Å². The number of piperazine rings is 1. The normalized spacial score (nSPS) is 23.0. The number of nitrogens with one attached hydrogen (secondary N) is 3. The van der Waals surface area contributed by atoms with Gasteiger partial charge in [-0.15, -0.1) is 0 Å². The van der Waals surface area contributed by atoms with Crippen LogP contribution in [0.4, 0.5) is 17.6 Å².